The number of carbonyl (C=O) groups is 2. The molecular formula is C25H25N3O2S. The zero-order chi connectivity index (χ0) is 22.0. The first-order chi connectivity index (χ1) is 15.0. The van der Waals surface area contributed by atoms with Crippen LogP contribution >= 0.6 is 11.3 Å². The van der Waals surface area contributed by atoms with E-state index in [0.717, 1.165) is 28.0 Å². The lowest BCUT2D eigenvalue weighted by Gasteiger charge is -2.25. The van der Waals surface area contributed by atoms with Crippen LogP contribution in [0.4, 0.5) is 5.69 Å². The van der Waals surface area contributed by atoms with E-state index in [9.17, 15) is 9.59 Å². The Bertz CT molecular complexity index is 1140. The summed E-state index contributed by atoms with van der Waals surface area (Å²) in [5.41, 5.74) is 4.71. The maximum atomic E-state index is 13.7. The van der Waals surface area contributed by atoms with Gasteiger partial charge in [-0.25, -0.2) is 4.90 Å². The molecule has 1 aliphatic heterocycles. The topological polar surface area (TPSA) is 53.5 Å². The normalized spacial score (nSPS) is 14.0. The van der Waals surface area contributed by atoms with E-state index < -0.39 is 0 Å². The standard InChI is InChI=1S/C25H25N3O2S/c1-4-27(14-11-19-9-12-26-13-10-19)23-22(21-6-5-15-31-21)24(29)28(25(23)30)20-16-17(2)7-8-18(20)3/h5-10,12-13,15-16H,4,11,14H2,1-3H3. The molecule has 0 unspecified atom stereocenters. The molecule has 0 fully saturated rings. The second-order valence-electron chi connectivity index (χ2n) is 7.62. The van der Waals surface area contributed by atoms with Gasteiger partial charge in [-0.15, -0.1) is 11.3 Å². The molecular weight excluding hydrogens is 406 g/mol. The van der Waals surface area contributed by atoms with Crippen LogP contribution < -0.4 is 4.90 Å². The van der Waals surface area contributed by atoms with Crippen molar-refractivity contribution in [3.8, 4) is 0 Å². The van der Waals surface area contributed by atoms with Crippen LogP contribution in [-0.4, -0.2) is 34.8 Å². The maximum absolute atomic E-state index is 13.7. The van der Waals surface area contributed by atoms with Crippen LogP contribution in [0.3, 0.4) is 0 Å². The van der Waals surface area contributed by atoms with Gasteiger partial charge in [0.2, 0.25) is 0 Å². The van der Waals surface area contributed by atoms with E-state index in [2.05, 4.69) is 4.98 Å². The zero-order valence-corrected chi connectivity index (χ0v) is 18.8. The third kappa shape index (κ3) is 4.03. The Morgan fingerprint density at radius 2 is 1.81 bits per heavy atom. The van der Waals surface area contributed by atoms with Gasteiger partial charge < -0.3 is 4.90 Å². The number of rotatable bonds is 7. The number of thiophene rings is 1. The van der Waals surface area contributed by atoms with Gasteiger partial charge in [0, 0.05) is 30.4 Å². The number of hydrogen-bond donors (Lipinski definition) is 0. The highest BCUT2D eigenvalue weighted by Gasteiger charge is 2.43. The second kappa shape index (κ2) is 8.86. The van der Waals surface area contributed by atoms with E-state index in [1.54, 1.807) is 12.4 Å². The number of anilines is 1. The molecule has 4 rings (SSSR count). The summed E-state index contributed by atoms with van der Waals surface area (Å²) in [6.07, 6.45) is 4.31. The smallest absolute Gasteiger partial charge is 0.282 e. The lowest BCUT2D eigenvalue weighted by Crippen LogP contribution is -2.36. The summed E-state index contributed by atoms with van der Waals surface area (Å²) in [6.45, 7) is 7.19. The molecule has 6 heteroatoms. The number of imide groups is 1. The summed E-state index contributed by atoms with van der Waals surface area (Å²) >= 11 is 1.48. The molecule has 1 aliphatic rings. The molecule has 0 radical (unpaired) electrons. The molecule has 2 amide bonds. The predicted octanol–water partition coefficient (Wildman–Crippen LogP) is 4.61. The third-order valence-corrected chi connectivity index (χ3v) is 6.44. The van der Waals surface area contributed by atoms with Crippen LogP contribution in [0.25, 0.3) is 5.57 Å². The fraction of sp³-hybridized carbons (Fsp3) is 0.240. The summed E-state index contributed by atoms with van der Waals surface area (Å²) in [7, 11) is 0. The van der Waals surface area contributed by atoms with E-state index >= 15 is 0 Å². The number of aryl methyl sites for hydroxylation is 2. The Balaban J connectivity index is 1.75. The van der Waals surface area contributed by atoms with Gasteiger partial charge in [-0.2, -0.15) is 0 Å². The first-order valence-corrected chi connectivity index (χ1v) is 11.3. The van der Waals surface area contributed by atoms with Gasteiger partial charge in [0.1, 0.15) is 5.70 Å². The molecule has 0 saturated carbocycles. The Morgan fingerprint density at radius 1 is 1.03 bits per heavy atom. The van der Waals surface area contributed by atoms with Gasteiger partial charge in [0.25, 0.3) is 11.8 Å². The average Bonchev–Trinajstić information content (AvgIpc) is 3.38. The van der Waals surface area contributed by atoms with Crippen molar-refractivity contribution in [2.24, 2.45) is 0 Å². The summed E-state index contributed by atoms with van der Waals surface area (Å²) in [5.74, 6) is -0.503. The summed E-state index contributed by atoms with van der Waals surface area (Å²) < 4.78 is 0. The minimum Gasteiger partial charge on any atom is -0.366 e. The summed E-state index contributed by atoms with van der Waals surface area (Å²) in [4.78, 5) is 35.6. The number of carbonyl (C=O) groups excluding carboxylic acids is 2. The fourth-order valence-electron chi connectivity index (χ4n) is 3.88. The van der Waals surface area contributed by atoms with Gasteiger partial charge in [0.05, 0.1) is 11.3 Å². The van der Waals surface area contributed by atoms with Gasteiger partial charge >= 0.3 is 0 Å². The van der Waals surface area contributed by atoms with E-state index in [-0.39, 0.29) is 11.8 Å². The summed E-state index contributed by atoms with van der Waals surface area (Å²) in [6, 6.07) is 13.6. The van der Waals surface area contributed by atoms with Gasteiger partial charge in [0.15, 0.2) is 0 Å². The monoisotopic (exact) mass is 431 g/mol. The largest absolute Gasteiger partial charge is 0.366 e. The first-order valence-electron chi connectivity index (χ1n) is 10.4. The molecule has 0 aliphatic carbocycles. The van der Waals surface area contributed by atoms with Gasteiger partial charge in [-0.3, -0.25) is 14.6 Å². The number of aromatic nitrogens is 1. The first kappa shape index (κ1) is 21.0. The number of likely N-dealkylation sites (N-methyl/N-ethyl adjacent to an activating group) is 1. The van der Waals surface area contributed by atoms with Crippen LogP contribution in [0.5, 0.6) is 0 Å². The SMILES string of the molecule is CCN(CCc1ccncc1)C1=C(c2cccs2)C(=O)N(c2cc(C)ccc2C)C1=O. The molecule has 158 valence electrons. The fourth-order valence-corrected chi connectivity index (χ4v) is 4.64. The van der Waals surface area contributed by atoms with E-state index in [4.69, 9.17) is 0 Å². The van der Waals surface area contributed by atoms with Crippen molar-refractivity contribution < 1.29 is 9.59 Å². The van der Waals surface area contributed by atoms with Crippen molar-refractivity contribution in [3.05, 3.63) is 87.5 Å². The van der Waals surface area contributed by atoms with Crippen LogP contribution in [0.15, 0.2) is 65.9 Å². The number of pyridine rings is 1. The minimum atomic E-state index is -0.251. The van der Waals surface area contributed by atoms with Crippen LogP contribution in [0, 0.1) is 13.8 Å². The van der Waals surface area contributed by atoms with Crippen molar-refractivity contribution in [2.75, 3.05) is 18.0 Å². The molecule has 1 aromatic carbocycles. The highest BCUT2D eigenvalue weighted by atomic mass is 32.1. The molecule has 31 heavy (non-hydrogen) atoms. The molecule has 3 aromatic rings. The molecule has 0 spiro atoms. The maximum Gasteiger partial charge on any atom is 0.282 e. The molecule has 0 saturated heterocycles. The van der Waals surface area contributed by atoms with Crippen LogP contribution in [0.1, 0.15) is 28.5 Å². The Morgan fingerprint density at radius 3 is 2.48 bits per heavy atom. The second-order valence-corrected chi connectivity index (χ2v) is 8.57. The van der Waals surface area contributed by atoms with E-state index in [1.807, 2.05) is 73.5 Å². The Labute approximate surface area is 186 Å². The molecule has 0 N–H and O–H groups in total. The molecule has 5 nitrogen and oxygen atoms in total. The average molecular weight is 432 g/mol. The minimum absolute atomic E-state index is 0.251. The van der Waals surface area contributed by atoms with Gasteiger partial charge in [-0.1, -0.05) is 18.2 Å². The molecule has 0 atom stereocenters. The lowest BCUT2D eigenvalue weighted by molar-refractivity contribution is -0.120. The Kier molecular flexibility index (Phi) is 6.00. The van der Waals surface area contributed by atoms with Crippen LogP contribution in [-0.2, 0) is 16.0 Å². The summed E-state index contributed by atoms with van der Waals surface area (Å²) in [5, 5.41) is 1.94. The van der Waals surface area contributed by atoms with Crippen molar-refractivity contribution >= 4 is 34.4 Å². The van der Waals surface area contributed by atoms with Crippen molar-refractivity contribution in [2.45, 2.75) is 27.2 Å². The Hall–Kier alpha value is -3.25. The van der Waals surface area contributed by atoms with Crippen molar-refractivity contribution in [3.63, 3.8) is 0 Å². The lowest BCUT2D eigenvalue weighted by atomic mass is 10.1. The number of hydrogen-bond acceptors (Lipinski definition) is 5. The third-order valence-electron chi connectivity index (χ3n) is 5.55. The van der Waals surface area contributed by atoms with Gasteiger partial charge in [-0.05, 0) is 73.5 Å². The number of benzene rings is 1. The zero-order valence-electron chi connectivity index (χ0n) is 18.0. The van der Waals surface area contributed by atoms with E-state index in [1.165, 1.54) is 16.2 Å². The molecule has 0 bridgehead atoms. The van der Waals surface area contributed by atoms with Crippen molar-refractivity contribution in [1.29, 1.82) is 0 Å². The predicted molar refractivity (Wildman–Crippen MR) is 125 cm³/mol. The quantitative estimate of drug-likeness (QED) is 0.513. The number of nitrogens with zero attached hydrogens (tertiary/aromatic N) is 3. The number of amides is 2. The van der Waals surface area contributed by atoms with E-state index in [0.29, 0.717) is 30.0 Å². The highest BCUT2D eigenvalue weighted by Crippen LogP contribution is 2.37. The van der Waals surface area contributed by atoms with Crippen LogP contribution in [0.2, 0.25) is 0 Å². The molecule has 3 heterocycles. The molecule has 2 aromatic heterocycles. The van der Waals surface area contributed by atoms with Crippen molar-refractivity contribution in [1.82, 2.24) is 9.88 Å². The highest BCUT2D eigenvalue weighted by molar-refractivity contribution is 7.11.